The highest BCUT2D eigenvalue weighted by atomic mass is 16.2. The van der Waals surface area contributed by atoms with Crippen LogP contribution in [0.3, 0.4) is 0 Å². The molecule has 0 saturated carbocycles. The van der Waals surface area contributed by atoms with E-state index in [4.69, 9.17) is 0 Å². The predicted molar refractivity (Wildman–Crippen MR) is 122 cm³/mol. The molecule has 0 aliphatic carbocycles. The molecule has 1 N–H and O–H groups in total. The number of nitrogens with zero attached hydrogens (tertiary/aromatic N) is 4. The van der Waals surface area contributed by atoms with Gasteiger partial charge in [-0.15, -0.1) is 0 Å². The number of aromatic nitrogens is 4. The number of rotatable bonds is 8. The van der Waals surface area contributed by atoms with E-state index in [1.807, 2.05) is 43.3 Å². The van der Waals surface area contributed by atoms with Crippen molar-refractivity contribution in [2.24, 2.45) is 0 Å². The van der Waals surface area contributed by atoms with E-state index in [2.05, 4.69) is 29.5 Å². The lowest BCUT2D eigenvalue weighted by Crippen LogP contribution is -2.26. The molecule has 1 amide bonds. The second kappa shape index (κ2) is 9.04. The van der Waals surface area contributed by atoms with Crippen LogP contribution in [0, 0.1) is 6.92 Å². The SMILES string of the molecule is CCCn1c(=O)n(CCC(=O)Nc2ccnn2Cc2cccc(C)c2)c2ccccc21. The number of amides is 1. The minimum atomic E-state index is -0.148. The second-order valence-electron chi connectivity index (χ2n) is 7.74. The molecule has 31 heavy (non-hydrogen) atoms. The molecule has 0 aliphatic heterocycles. The summed E-state index contributed by atoms with van der Waals surface area (Å²) in [5, 5.41) is 7.27. The van der Waals surface area contributed by atoms with Crippen LogP contribution in [0.4, 0.5) is 5.82 Å². The van der Waals surface area contributed by atoms with E-state index in [0.29, 0.717) is 25.5 Å². The van der Waals surface area contributed by atoms with Crippen molar-refractivity contribution >= 4 is 22.8 Å². The van der Waals surface area contributed by atoms with E-state index in [9.17, 15) is 9.59 Å². The van der Waals surface area contributed by atoms with Gasteiger partial charge in [0.25, 0.3) is 0 Å². The van der Waals surface area contributed by atoms with Gasteiger partial charge in [-0.1, -0.05) is 48.9 Å². The first-order chi connectivity index (χ1) is 15.1. The van der Waals surface area contributed by atoms with E-state index in [0.717, 1.165) is 23.0 Å². The lowest BCUT2D eigenvalue weighted by Gasteiger charge is -2.10. The smallest absolute Gasteiger partial charge is 0.311 e. The Labute approximate surface area is 180 Å². The molecule has 0 saturated heterocycles. The molecule has 4 aromatic rings. The number of nitrogens with one attached hydrogen (secondary N) is 1. The van der Waals surface area contributed by atoms with Gasteiger partial charge in [0, 0.05) is 25.6 Å². The maximum Gasteiger partial charge on any atom is 0.329 e. The second-order valence-corrected chi connectivity index (χ2v) is 7.74. The number of anilines is 1. The zero-order valence-corrected chi connectivity index (χ0v) is 17.9. The summed E-state index contributed by atoms with van der Waals surface area (Å²) in [6, 6.07) is 17.7. The molecular formula is C24H27N5O2. The fourth-order valence-corrected chi connectivity index (χ4v) is 3.90. The first-order valence-corrected chi connectivity index (χ1v) is 10.6. The van der Waals surface area contributed by atoms with Gasteiger partial charge in [0.2, 0.25) is 5.91 Å². The minimum Gasteiger partial charge on any atom is -0.311 e. The van der Waals surface area contributed by atoms with E-state index < -0.39 is 0 Å². The average molecular weight is 418 g/mol. The third kappa shape index (κ3) is 4.45. The van der Waals surface area contributed by atoms with Crippen LogP contribution in [0.5, 0.6) is 0 Å². The summed E-state index contributed by atoms with van der Waals surface area (Å²) in [6.45, 7) is 5.67. The fraction of sp³-hybridized carbons (Fsp3) is 0.292. The number of benzene rings is 2. The van der Waals surface area contributed by atoms with Gasteiger partial charge >= 0.3 is 5.69 Å². The Bertz CT molecular complexity index is 1260. The Morgan fingerprint density at radius 2 is 1.74 bits per heavy atom. The third-order valence-electron chi connectivity index (χ3n) is 5.33. The number of hydrogen-bond acceptors (Lipinski definition) is 3. The van der Waals surface area contributed by atoms with Crippen LogP contribution < -0.4 is 11.0 Å². The van der Waals surface area contributed by atoms with Crippen LogP contribution in [0.2, 0.25) is 0 Å². The molecule has 0 unspecified atom stereocenters. The fourth-order valence-electron chi connectivity index (χ4n) is 3.90. The van der Waals surface area contributed by atoms with E-state index in [1.165, 1.54) is 5.56 Å². The number of imidazole rings is 1. The molecule has 0 atom stereocenters. The van der Waals surface area contributed by atoms with E-state index in [-0.39, 0.29) is 18.0 Å². The zero-order valence-electron chi connectivity index (χ0n) is 17.9. The Kier molecular flexibility index (Phi) is 6.02. The van der Waals surface area contributed by atoms with Crippen LogP contribution in [-0.2, 0) is 24.4 Å². The van der Waals surface area contributed by atoms with E-state index >= 15 is 0 Å². The molecule has 4 rings (SSSR count). The Balaban J connectivity index is 1.46. The van der Waals surface area contributed by atoms with Crippen LogP contribution in [0.1, 0.15) is 30.9 Å². The summed E-state index contributed by atoms with van der Waals surface area (Å²) in [5.41, 5.74) is 4.00. The standard InChI is InChI=1S/C24H27N5O2/c1-3-14-27-20-9-4-5-10-21(20)28(24(27)31)15-12-23(30)26-22-11-13-25-29(22)17-19-8-6-7-18(2)16-19/h4-11,13,16H,3,12,14-15,17H2,1-2H3,(H,26,30). The van der Waals surface area contributed by atoms with Gasteiger partial charge in [-0.2, -0.15) is 5.10 Å². The first-order valence-electron chi connectivity index (χ1n) is 10.6. The van der Waals surface area contributed by atoms with Crippen LogP contribution >= 0.6 is 0 Å². The summed E-state index contributed by atoms with van der Waals surface area (Å²) >= 11 is 0. The summed E-state index contributed by atoms with van der Waals surface area (Å²) in [6.07, 6.45) is 2.75. The molecule has 160 valence electrons. The number of hydrogen-bond donors (Lipinski definition) is 1. The lowest BCUT2D eigenvalue weighted by molar-refractivity contribution is -0.116. The lowest BCUT2D eigenvalue weighted by atomic mass is 10.1. The Morgan fingerprint density at radius 1 is 1.00 bits per heavy atom. The van der Waals surface area contributed by atoms with Crippen LogP contribution in [-0.4, -0.2) is 24.8 Å². The molecule has 2 heterocycles. The van der Waals surface area contributed by atoms with Gasteiger partial charge in [0.1, 0.15) is 5.82 Å². The van der Waals surface area contributed by atoms with Gasteiger partial charge in [-0.3, -0.25) is 13.9 Å². The number of para-hydroxylation sites is 2. The molecule has 7 heteroatoms. The molecule has 0 bridgehead atoms. The van der Waals surface area contributed by atoms with Crippen molar-refractivity contribution in [2.75, 3.05) is 5.32 Å². The van der Waals surface area contributed by atoms with Gasteiger partial charge in [-0.25, -0.2) is 9.48 Å². The molecule has 0 spiro atoms. The summed E-state index contributed by atoms with van der Waals surface area (Å²) in [7, 11) is 0. The van der Waals surface area contributed by atoms with Crippen LogP contribution in [0.15, 0.2) is 65.6 Å². The van der Waals surface area contributed by atoms with Gasteiger partial charge in [0.05, 0.1) is 23.8 Å². The predicted octanol–water partition coefficient (Wildman–Crippen LogP) is 3.80. The summed E-state index contributed by atoms with van der Waals surface area (Å²) in [4.78, 5) is 25.5. The molecule has 2 aromatic carbocycles. The summed E-state index contributed by atoms with van der Waals surface area (Å²) < 4.78 is 5.24. The highest BCUT2D eigenvalue weighted by Gasteiger charge is 2.14. The molecular weight excluding hydrogens is 390 g/mol. The molecule has 0 radical (unpaired) electrons. The van der Waals surface area contributed by atoms with Gasteiger partial charge < -0.3 is 5.32 Å². The summed E-state index contributed by atoms with van der Waals surface area (Å²) in [5.74, 6) is 0.498. The largest absolute Gasteiger partial charge is 0.329 e. The highest BCUT2D eigenvalue weighted by molar-refractivity contribution is 5.90. The quantitative estimate of drug-likeness (QED) is 0.474. The van der Waals surface area contributed by atoms with Crippen LogP contribution in [0.25, 0.3) is 11.0 Å². The normalized spacial score (nSPS) is 11.2. The van der Waals surface area contributed by atoms with Crippen molar-refractivity contribution in [2.45, 2.75) is 46.3 Å². The monoisotopic (exact) mass is 417 g/mol. The Hall–Kier alpha value is -3.61. The Morgan fingerprint density at radius 3 is 2.45 bits per heavy atom. The third-order valence-corrected chi connectivity index (χ3v) is 5.33. The van der Waals surface area contributed by atoms with Crippen molar-refractivity contribution in [3.63, 3.8) is 0 Å². The number of carbonyl (C=O) groups is 1. The van der Waals surface area contributed by atoms with Crippen molar-refractivity contribution in [1.82, 2.24) is 18.9 Å². The number of fused-ring (bicyclic) bond motifs is 1. The minimum absolute atomic E-state index is 0.0691. The maximum atomic E-state index is 12.9. The van der Waals surface area contributed by atoms with Crippen molar-refractivity contribution in [3.05, 3.63) is 82.4 Å². The number of aryl methyl sites for hydroxylation is 3. The molecule has 0 fully saturated rings. The van der Waals surface area contributed by atoms with Crippen molar-refractivity contribution in [1.29, 1.82) is 0 Å². The van der Waals surface area contributed by atoms with Crippen molar-refractivity contribution in [3.8, 4) is 0 Å². The van der Waals surface area contributed by atoms with Gasteiger partial charge in [0.15, 0.2) is 0 Å². The molecule has 2 aromatic heterocycles. The first kappa shape index (κ1) is 20.7. The zero-order chi connectivity index (χ0) is 21.8. The average Bonchev–Trinajstić information content (AvgIpc) is 3.29. The topological polar surface area (TPSA) is 73.8 Å². The maximum absolute atomic E-state index is 12.9. The molecule has 0 aliphatic rings. The highest BCUT2D eigenvalue weighted by Crippen LogP contribution is 2.15. The van der Waals surface area contributed by atoms with E-state index in [1.54, 1.807) is 26.1 Å². The van der Waals surface area contributed by atoms with Gasteiger partial charge in [-0.05, 0) is 31.0 Å². The van der Waals surface area contributed by atoms with Crippen molar-refractivity contribution < 1.29 is 4.79 Å². The number of carbonyl (C=O) groups excluding carboxylic acids is 1. The molecule has 7 nitrogen and oxygen atoms in total.